The van der Waals surface area contributed by atoms with Crippen LogP contribution >= 0.6 is 14.0 Å². The van der Waals surface area contributed by atoms with Crippen LogP contribution in [0.15, 0.2) is 121 Å². The van der Waals surface area contributed by atoms with Crippen LogP contribution in [0.2, 0.25) is 0 Å². The number of aliphatic carboxylic acids is 1. The molecule has 0 spiro atoms. The molecule has 0 atom stereocenters. The van der Waals surface area contributed by atoms with Gasteiger partial charge in [0.1, 0.15) is 0 Å². The predicted molar refractivity (Wildman–Crippen MR) is 144 cm³/mol. The number of carbonyl (C=O) groups is 1. The second-order valence-electron chi connectivity index (χ2n) is 7.55. The molecule has 0 aliphatic rings. The SMILES string of the molecule is CC(=O)[O-].CC(C)P(c1ccccc1)c1ccccc1.[Pd+][P](c1ccccc1)c1ccccc1. The van der Waals surface area contributed by atoms with E-state index in [1.807, 2.05) is 0 Å². The minimum absolute atomic E-state index is 0.210. The van der Waals surface area contributed by atoms with E-state index in [4.69, 9.17) is 9.90 Å². The van der Waals surface area contributed by atoms with Gasteiger partial charge in [0, 0.05) is 5.97 Å². The molecule has 4 aromatic carbocycles. The molecule has 0 aliphatic carbocycles. The molecule has 0 amide bonds. The third kappa shape index (κ3) is 10.0. The van der Waals surface area contributed by atoms with Gasteiger partial charge in [-0.05, 0) is 31.1 Å². The number of carboxylic acids is 1. The van der Waals surface area contributed by atoms with Gasteiger partial charge in [-0.3, -0.25) is 0 Å². The van der Waals surface area contributed by atoms with Crippen LogP contribution in [-0.4, -0.2) is 11.6 Å². The van der Waals surface area contributed by atoms with E-state index < -0.39 is 5.97 Å². The molecule has 34 heavy (non-hydrogen) atoms. The Kier molecular flexibility index (Phi) is 13.0. The van der Waals surface area contributed by atoms with Crippen molar-refractivity contribution in [2.75, 3.05) is 0 Å². The summed E-state index contributed by atoms with van der Waals surface area (Å²) in [7, 11) is -0.210. The zero-order chi connectivity index (χ0) is 24.8. The van der Waals surface area contributed by atoms with Crippen molar-refractivity contribution in [3.05, 3.63) is 121 Å². The standard InChI is InChI=1S/C15H17P.C12H10P.C2H4O2.Pd/c1-13(2)16(14-9-5-3-6-10-14)15-11-7-4-8-12-15;1-3-7-11(8-4-1)13-12-9-5-2-6-10-12;1-2(3)4;/h3-13H,1-2H3;1-10H;1H3,(H,3,4);/q;-1;;+2/p-1. The molecule has 0 bridgehead atoms. The van der Waals surface area contributed by atoms with Crippen molar-refractivity contribution in [3.63, 3.8) is 0 Å². The zero-order valence-electron chi connectivity index (χ0n) is 19.7. The van der Waals surface area contributed by atoms with E-state index in [0.29, 0.717) is 5.66 Å². The Labute approximate surface area is 216 Å². The van der Waals surface area contributed by atoms with Crippen LogP contribution in [0.4, 0.5) is 0 Å². The molecule has 0 aromatic heterocycles. The summed E-state index contributed by atoms with van der Waals surface area (Å²) in [6.45, 7) is 5.59. The molecule has 0 radical (unpaired) electrons. The Morgan fingerprint density at radius 3 is 1.09 bits per heavy atom. The Morgan fingerprint density at radius 2 is 0.853 bits per heavy atom. The number of hydrogen-bond acceptors (Lipinski definition) is 2. The molecule has 0 unspecified atom stereocenters. The number of benzene rings is 4. The van der Waals surface area contributed by atoms with Gasteiger partial charge in [0.25, 0.3) is 0 Å². The number of carboxylic acid groups (broad SMARTS) is 1. The third-order valence-corrected chi connectivity index (χ3v) is 11.1. The number of carbonyl (C=O) groups excluding carboxylic acids is 1. The molecule has 5 heteroatoms. The Bertz CT molecular complexity index is 993. The summed E-state index contributed by atoms with van der Waals surface area (Å²) >= 11 is 3.47. The molecule has 0 aliphatic heterocycles. The maximum absolute atomic E-state index is 8.89. The first kappa shape index (κ1) is 28.1. The summed E-state index contributed by atoms with van der Waals surface area (Å²) in [5, 5.41) is 14.6. The van der Waals surface area contributed by atoms with Gasteiger partial charge in [-0.2, -0.15) is 0 Å². The summed E-state index contributed by atoms with van der Waals surface area (Å²) in [5.74, 6) is -1.08. The van der Waals surface area contributed by atoms with Crippen molar-refractivity contribution >= 4 is 41.2 Å². The second-order valence-corrected chi connectivity index (χ2v) is 14.0. The average Bonchev–Trinajstić information content (AvgIpc) is 2.86. The first-order valence-corrected chi connectivity index (χ1v) is 15.7. The molecule has 0 N–H and O–H groups in total. The van der Waals surface area contributed by atoms with Crippen LogP contribution in [0.5, 0.6) is 0 Å². The van der Waals surface area contributed by atoms with Crippen molar-refractivity contribution in [1.29, 1.82) is 0 Å². The van der Waals surface area contributed by atoms with E-state index in [9.17, 15) is 0 Å². The molecule has 0 saturated heterocycles. The van der Waals surface area contributed by atoms with Gasteiger partial charge in [0.15, 0.2) is 0 Å². The van der Waals surface area contributed by atoms with Crippen LogP contribution in [-0.2, 0) is 23.5 Å². The van der Waals surface area contributed by atoms with Crippen LogP contribution in [0.1, 0.15) is 20.8 Å². The van der Waals surface area contributed by atoms with Gasteiger partial charge in [0.2, 0.25) is 0 Å². The van der Waals surface area contributed by atoms with Gasteiger partial charge in [-0.25, -0.2) is 0 Å². The molecule has 2 nitrogen and oxygen atoms in total. The van der Waals surface area contributed by atoms with E-state index in [2.05, 4.69) is 154 Å². The van der Waals surface area contributed by atoms with E-state index in [-0.39, 0.29) is 14.0 Å². The van der Waals surface area contributed by atoms with E-state index >= 15 is 0 Å². The van der Waals surface area contributed by atoms with Crippen molar-refractivity contribution in [3.8, 4) is 0 Å². The normalized spacial score (nSPS) is 10.2. The Hall–Kier alpha value is -2.13. The fourth-order valence-electron chi connectivity index (χ4n) is 3.17. The molecule has 0 fully saturated rings. The Morgan fingerprint density at radius 1 is 0.618 bits per heavy atom. The monoisotopic (exact) mass is 578 g/mol. The summed E-state index contributed by atoms with van der Waals surface area (Å²) in [6, 6.07) is 42.8. The van der Waals surface area contributed by atoms with E-state index in [1.54, 1.807) is 0 Å². The van der Waals surface area contributed by atoms with Gasteiger partial charge in [-0.1, -0.05) is 74.5 Å². The van der Waals surface area contributed by atoms with Gasteiger partial charge >= 0.3 is 96.1 Å². The van der Waals surface area contributed by atoms with Crippen LogP contribution in [0, 0.1) is 0 Å². The van der Waals surface area contributed by atoms with Crippen molar-refractivity contribution in [2.24, 2.45) is 0 Å². The average molecular weight is 579 g/mol. The first-order valence-electron chi connectivity index (χ1n) is 11.0. The third-order valence-electron chi connectivity index (χ3n) is 4.52. The molecule has 0 saturated carbocycles. The quantitative estimate of drug-likeness (QED) is 0.251. The van der Waals surface area contributed by atoms with Gasteiger partial charge < -0.3 is 9.90 Å². The van der Waals surface area contributed by atoms with Crippen molar-refractivity contribution < 1.29 is 28.6 Å². The summed E-state index contributed by atoms with van der Waals surface area (Å²) < 4.78 is 0. The zero-order valence-corrected chi connectivity index (χ0v) is 23.0. The van der Waals surface area contributed by atoms with E-state index in [1.165, 1.54) is 21.2 Å². The van der Waals surface area contributed by atoms with Crippen molar-refractivity contribution in [1.82, 2.24) is 0 Å². The number of rotatable bonds is 5. The fraction of sp³-hybridized carbons (Fsp3) is 0.138. The molecule has 0 heterocycles. The van der Waals surface area contributed by atoms with Gasteiger partial charge in [-0.15, -0.1) is 0 Å². The van der Waals surface area contributed by atoms with E-state index in [0.717, 1.165) is 6.92 Å². The summed E-state index contributed by atoms with van der Waals surface area (Å²) in [6.07, 6.45) is -0.321. The van der Waals surface area contributed by atoms with Gasteiger partial charge in [0.05, 0.1) is 0 Å². The van der Waals surface area contributed by atoms with Crippen LogP contribution < -0.4 is 26.3 Å². The molecule has 4 aromatic rings. The summed E-state index contributed by atoms with van der Waals surface area (Å²) in [5.41, 5.74) is 0.680. The first-order chi connectivity index (χ1) is 16.4. The Balaban J connectivity index is 0.000000209. The molecule has 4 rings (SSSR count). The minimum atomic E-state index is -1.08. The molecule has 178 valence electrons. The maximum atomic E-state index is 8.89. The topological polar surface area (TPSA) is 40.1 Å². The number of hydrogen-bond donors (Lipinski definition) is 0. The van der Waals surface area contributed by atoms with Crippen LogP contribution in [0.25, 0.3) is 0 Å². The molecular formula is C29H30O2P2Pd. The summed E-state index contributed by atoms with van der Waals surface area (Å²) in [4.78, 5) is 8.89. The predicted octanol–water partition coefficient (Wildman–Crippen LogP) is 4.87. The van der Waals surface area contributed by atoms with Crippen LogP contribution in [0.3, 0.4) is 0 Å². The van der Waals surface area contributed by atoms with Crippen molar-refractivity contribution in [2.45, 2.75) is 26.4 Å². The fourth-order valence-corrected chi connectivity index (χ4v) is 8.17. The molecular weight excluding hydrogens is 549 g/mol. The second kappa shape index (κ2) is 15.7.